The first-order valence-electron chi connectivity index (χ1n) is 8.77. The van der Waals surface area contributed by atoms with Crippen molar-refractivity contribution in [3.05, 3.63) is 28.8 Å². The van der Waals surface area contributed by atoms with Gasteiger partial charge in [0.1, 0.15) is 5.60 Å². The third-order valence-corrected chi connectivity index (χ3v) is 5.22. The average Bonchev–Trinajstić information content (AvgIpc) is 2.73. The summed E-state index contributed by atoms with van der Waals surface area (Å²) < 4.78 is 5.60. The summed E-state index contributed by atoms with van der Waals surface area (Å²) in [4.78, 5) is 14.5. The predicted molar refractivity (Wildman–Crippen MR) is 97.7 cm³/mol. The topological polar surface area (TPSA) is 41.6 Å². The molecular weight excluding hydrogens is 324 g/mol. The molecule has 1 aromatic rings. The van der Waals surface area contributed by atoms with E-state index in [1.54, 1.807) is 0 Å². The Labute approximate surface area is 149 Å². The molecule has 24 heavy (non-hydrogen) atoms. The molecule has 2 saturated heterocycles. The van der Waals surface area contributed by atoms with Gasteiger partial charge in [0.15, 0.2) is 0 Å². The van der Waals surface area contributed by atoms with E-state index in [4.69, 9.17) is 16.3 Å². The minimum Gasteiger partial charge on any atom is -0.444 e. The van der Waals surface area contributed by atoms with Crippen LogP contribution in [0.3, 0.4) is 0 Å². The highest BCUT2D eigenvalue weighted by Crippen LogP contribution is 2.39. The number of ether oxygens (including phenoxy) is 1. The van der Waals surface area contributed by atoms with E-state index < -0.39 is 5.60 Å². The second kappa shape index (κ2) is 6.47. The number of hydrogen-bond acceptors (Lipinski definition) is 3. The zero-order chi connectivity index (χ0) is 17.5. The Morgan fingerprint density at radius 3 is 2.42 bits per heavy atom. The molecule has 0 radical (unpaired) electrons. The lowest BCUT2D eigenvalue weighted by molar-refractivity contribution is 0.00683. The van der Waals surface area contributed by atoms with Gasteiger partial charge in [-0.3, -0.25) is 0 Å². The van der Waals surface area contributed by atoms with Gasteiger partial charge in [0.25, 0.3) is 0 Å². The number of anilines is 1. The molecule has 2 unspecified atom stereocenters. The summed E-state index contributed by atoms with van der Waals surface area (Å²) in [5, 5.41) is 4.38. The van der Waals surface area contributed by atoms with Crippen LogP contribution in [0.5, 0.6) is 0 Å². The van der Waals surface area contributed by atoms with Crippen LogP contribution in [0, 0.1) is 6.92 Å². The van der Waals surface area contributed by atoms with Gasteiger partial charge in [-0.1, -0.05) is 23.7 Å². The van der Waals surface area contributed by atoms with Crippen molar-refractivity contribution < 1.29 is 9.53 Å². The third-order valence-electron chi connectivity index (χ3n) is 4.91. The molecule has 3 rings (SSSR count). The molecule has 1 aromatic carbocycles. The van der Waals surface area contributed by atoms with E-state index in [9.17, 15) is 4.79 Å². The Balaban J connectivity index is 1.68. The van der Waals surface area contributed by atoms with Gasteiger partial charge < -0.3 is 15.0 Å². The molecule has 2 fully saturated rings. The van der Waals surface area contributed by atoms with Crippen LogP contribution in [0.25, 0.3) is 0 Å². The fourth-order valence-corrected chi connectivity index (χ4v) is 4.20. The molecule has 1 N–H and O–H groups in total. The van der Waals surface area contributed by atoms with Crippen molar-refractivity contribution in [3.63, 3.8) is 0 Å². The monoisotopic (exact) mass is 350 g/mol. The summed E-state index contributed by atoms with van der Waals surface area (Å²) in [7, 11) is 0. The summed E-state index contributed by atoms with van der Waals surface area (Å²) >= 11 is 6.34. The van der Waals surface area contributed by atoms with E-state index in [2.05, 4.69) is 18.3 Å². The lowest BCUT2D eigenvalue weighted by Gasteiger charge is -2.40. The minimum absolute atomic E-state index is 0.164. The number of hydrogen-bond donors (Lipinski definition) is 1. The molecule has 2 aliphatic rings. The highest BCUT2D eigenvalue weighted by molar-refractivity contribution is 6.33. The number of aryl methyl sites for hydroxylation is 1. The van der Waals surface area contributed by atoms with Gasteiger partial charge in [0.05, 0.1) is 10.7 Å². The lowest BCUT2D eigenvalue weighted by atomic mass is 9.97. The maximum atomic E-state index is 12.5. The van der Waals surface area contributed by atoms with Crippen LogP contribution in [0.4, 0.5) is 10.5 Å². The fraction of sp³-hybridized carbons (Fsp3) is 0.632. The highest BCUT2D eigenvalue weighted by atomic mass is 35.5. The molecule has 2 heterocycles. The van der Waals surface area contributed by atoms with E-state index in [1.807, 2.05) is 37.8 Å². The summed E-state index contributed by atoms with van der Waals surface area (Å²) in [5.41, 5.74) is 1.74. The van der Waals surface area contributed by atoms with Crippen LogP contribution in [-0.2, 0) is 4.74 Å². The van der Waals surface area contributed by atoms with Crippen molar-refractivity contribution in [1.82, 2.24) is 4.90 Å². The number of rotatable bonds is 2. The van der Waals surface area contributed by atoms with Crippen molar-refractivity contribution in [3.8, 4) is 0 Å². The van der Waals surface area contributed by atoms with Crippen LogP contribution in [0.2, 0.25) is 5.02 Å². The number of piperidine rings is 1. The summed E-state index contributed by atoms with van der Waals surface area (Å²) in [6.45, 7) is 7.82. The van der Waals surface area contributed by atoms with Gasteiger partial charge in [-0.15, -0.1) is 0 Å². The van der Waals surface area contributed by atoms with E-state index in [-0.39, 0.29) is 18.2 Å². The molecule has 0 aliphatic carbocycles. The normalized spacial score (nSPS) is 26.4. The van der Waals surface area contributed by atoms with E-state index in [1.165, 1.54) is 0 Å². The molecule has 2 aliphatic heterocycles. The number of nitrogens with zero attached hydrogens (tertiary/aromatic N) is 1. The van der Waals surface area contributed by atoms with Gasteiger partial charge in [-0.05, 0) is 65.0 Å². The molecular formula is C19H27ClN2O2. The number of fused-ring (bicyclic) bond motifs is 2. The predicted octanol–water partition coefficient (Wildman–Crippen LogP) is 4.99. The van der Waals surface area contributed by atoms with Crippen LogP contribution < -0.4 is 5.32 Å². The maximum absolute atomic E-state index is 12.5. The fourth-order valence-electron chi connectivity index (χ4n) is 3.93. The van der Waals surface area contributed by atoms with Crippen molar-refractivity contribution in [1.29, 1.82) is 0 Å². The Morgan fingerprint density at radius 1 is 1.25 bits per heavy atom. The Bertz CT molecular complexity index is 592. The molecule has 5 heteroatoms. The largest absolute Gasteiger partial charge is 0.444 e. The SMILES string of the molecule is Cc1cccc(Cl)c1NC1CC2CCC(C1)N2C(=O)OC(C)(C)C. The van der Waals surface area contributed by atoms with Crippen molar-refractivity contribution in [2.75, 3.05) is 5.32 Å². The summed E-state index contributed by atoms with van der Waals surface area (Å²) in [6.07, 6.45) is 3.84. The van der Waals surface area contributed by atoms with E-state index >= 15 is 0 Å². The summed E-state index contributed by atoms with van der Waals surface area (Å²) in [5.74, 6) is 0. The first-order chi connectivity index (χ1) is 11.2. The number of nitrogens with one attached hydrogen (secondary N) is 1. The van der Waals surface area contributed by atoms with Crippen LogP contribution in [-0.4, -0.2) is 34.7 Å². The quantitative estimate of drug-likeness (QED) is 0.816. The number of amides is 1. The van der Waals surface area contributed by atoms with Gasteiger partial charge in [-0.2, -0.15) is 0 Å². The summed E-state index contributed by atoms with van der Waals surface area (Å²) in [6, 6.07) is 6.83. The van der Waals surface area contributed by atoms with Crippen molar-refractivity contribution >= 4 is 23.4 Å². The average molecular weight is 351 g/mol. The maximum Gasteiger partial charge on any atom is 0.410 e. The molecule has 4 nitrogen and oxygen atoms in total. The molecule has 2 bridgehead atoms. The Kier molecular flexibility index (Phi) is 4.69. The van der Waals surface area contributed by atoms with Gasteiger partial charge >= 0.3 is 6.09 Å². The lowest BCUT2D eigenvalue weighted by Crippen LogP contribution is -2.51. The highest BCUT2D eigenvalue weighted by Gasteiger charge is 2.44. The zero-order valence-electron chi connectivity index (χ0n) is 14.9. The number of carbonyl (C=O) groups is 1. The molecule has 132 valence electrons. The standard InChI is InChI=1S/C19H27ClN2O2/c1-12-6-5-7-16(20)17(12)21-13-10-14-8-9-15(11-13)22(14)18(23)24-19(2,3)4/h5-7,13-15,21H,8-11H2,1-4H3. The number of benzene rings is 1. The first kappa shape index (κ1) is 17.4. The molecule has 0 aromatic heterocycles. The van der Waals surface area contributed by atoms with Crippen LogP contribution in [0.15, 0.2) is 18.2 Å². The van der Waals surface area contributed by atoms with Crippen LogP contribution in [0.1, 0.15) is 52.0 Å². The number of carbonyl (C=O) groups excluding carboxylic acids is 1. The Morgan fingerprint density at radius 2 is 1.88 bits per heavy atom. The third kappa shape index (κ3) is 3.64. The second-order valence-corrected chi connectivity index (χ2v) is 8.42. The second-order valence-electron chi connectivity index (χ2n) is 8.02. The van der Waals surface area contributed by atoms with Crippen molar-refractivity contribution in [2.24, 2.45) is 0 Å². The van der Waals surface area contributed by atoms with E-state index in [0.29, 0.717) is 6.04 Å². The zero-order valence-corrected chi connectivity index (χ0v) is 15.7. The molecule has 0 saturated carbocycles. The molecule has 2 atom stereocenters. The first-order valence-corrected chi connectivity index (χ1v) is 9.15. The van der Waals surface area contributed by atoms with Gasteiger partial charge in [0.2, 0.25) is 0 Å². The smallest absolute Gasteiger partial charge is 0.410 e. The molecule has 1 amide bonds. The van der Waals surface area contributed by atoms with E-state index in [0.717, 1.165) is 42.0 Å². The number of para-hydroxylation sites is 1. The van der Waals surface area contributed by atoms with Gasteiger partial charge in [0, 0.05) is 18.1 Å². The van der Waals surface area contributed by atoms with Crippen molar-refractivity contribution in [2.45, 2.75) is 77.1 Å². The minimum atomic E-state index is -0.444. The number of halogens is 1. The van der Waals surface area contributed by atoms with Gasteiger partial charge in [-0.25, -0.2) is 4.79 Å². The Hall–Kier alpha value is -1.42. The molecule has 0 spiro atoms. The van der Waals surface area contributed by atoms with Crippen LogP contribution >= 0.6 is 11.6 Å².